The van der Waals surface area contributed by atoms with Crippen molar-refractivity contribution in [2.75, 3.05) is 11.9 Å². The highest BCUT2D eigenvalue weighted by Gasteiger charge is 2.23. The van der Waals surface area contributed by atoms with E-state index >= 15 is 0 Å². The smallest absolute Gasteiger partial charge is 0.153 e. The van der Waals surface area contributed by atoms with Crippen LogP contribution < -0.4 is 5.32 Å². The fourth-order valence-electron chi connectivity index (χ4n) is 3.15. The maximum absolute atomic E-state index is 8.99. The normalized spacial score (nSPS) is 17.4. The van der Waals surface area contributed by atoms with Crippen molar-refractivity contribution in [1.82, 2.24) is 19.7 Å². The van der Waals surface area contributed by atoms with Gasteiger partial charge in [0.25, 0.3) is 0 Å². The molecule has 3 aromatic rings. The number of aromatic nitrogens is 4. The fourth-order valence-corrected chi connectivity index (χ4v) is 4.50. The zero-order valence-corrected chi connectivity index (χ0v) is 13.8. The number of thiophene rings is 1. The van der Waals surface area contributed by atoms with Crippen LogP contribution in [0.2, 0.25) is 0 Å². The van der Waals surface area contributed by atoms with Crippen molar-refractivity contribution < 1.29 is 5.11 Å². The van der Waals surface area contributed by atoms with Crippen molar-refractivity contribution in [2.24, 2.45) is 5.92 Å². The van der Waals surface area contributed by atoms with Gasteiger partial charge < -0.3 is 10.4 Å². The summed E-state index contributed by atoms with van der Waals surface area (Å²) in [6.07, 6.45) is 6.92. The van der Waals surface area contributed by atoms with Crippen LogP contribution in [0.15, 0.2) is 18.6 Å². The van der Waals surface area contributed by atoms with Crippen molar-refractivity contribution in [1.29, 1.82) is 0 Å². The lowest BCUT2D eigenvalue weighted by Gasteiger charge is -2.18. The topological polar surface area (TPSA) is 75.9 Å². The van der Waals surface area contributed by atoms with Crippen LogP contribution in [0, 0.1) is 5.92 Å². The number of anilines is 2. The van der Waals surface area contributed by atoms with Crippen molar-refractivity contribution in [3.05, 3.63) is 29.0 Å². The highest BCUT2D eigenvalue weighted by atomic mass is 32.1. The molecule has 7 heteroatoms. The summed E-state index contributed by atoms with van der Waals surface area (Å²) in [6, 6.07) is 1.89. The van der Waals surface area contributed by atoms with Crippen molar-refractivity contribution in [3.63, 3.8) is 0 Å². The van der Waals surface area contributed by atoms with E-state index in [1.807, 2.05) is 12.3 Å². The number of hydrogen-bond acceptors (Lipinski definition) is 6. The molecule has 0 radical (unpaired) electrons. The number of nitrogens with one attached hydrogen (secondary N) is 1. The minimum Gasteiger partial charge on any atom is -0.394 e. The molecule has 2 N–H and O–H groups in total. The molecule has 3 heterocycles. The van der Waals surface area contributed by atoms with E-state index in [1.165, 1.54) is 16.9 Å². The van der Waals surface area contributed by atoms with Gasteiger partial charge in [-0.25, -0.2) is 9.97 Å². The van der Waals surface area contributed by atoms with Gasteiger partial charge in [0.2, 0.25) is 0 Å². The van der Waals surface area contributed by atoms with Crippen LogP contribution in [0.4, 0.5) is 11.6 Å². The molecule has 1 atom stereocenters. The molecule has 23 heavy (non-hydrogen) atoms. The van der Waals surface area contributed by atoms with Gasteiger partial charge >= 0.3 is 0 Å². The number of hydrogen-bond donors (Lipinski definition) is 2. The minimum absolute atomic E-state index is 0.0785. The lowest BCUT2D eigenvalue weighted by Crippen LogP contribution is -2.09. The van der Waals surface area contributed by atoms with Crippen molar-refractivity contribution in [2.45, 2.75) is 32.7 Å². The molecular formula is C16H19N5OS. The summed E-state index contributed by atoms with van der Waals surface area (Å²) in [4.78, 5) is 11.4. The first kappa shape index (κ1) is 14.6. The number of fused-ring (bicyclic) bond motifs is 3. The molecule has 4 rings (SSSR count). The van der Waals surface area contributed by atoms with E-state index in [4.69, 9.17) is 5.11 Å². The Morgan fingerprint density at radius 1 is 1.43 bits per heavy atom. The molecule has 0 saturated carbocycles. The highest BCUT2D eigenvalue weighted by Crippen LogP contribution is 2.40. The first-order valence-corrected chi connectivity index (χ1v) is 8.73. The quantitative estimate of drug-likeness (QED) is 0.770. The van der Waals surface area contributed by atoms with Gasteiger partial charge in [-0.2, -0.15) is 5.10 Å². The van der Waals surface area contributed by atoms with Gasteiger partial charge in [0.05, 0.1) is 18.5 Å². The lowest BCUT2D eigenvalue weighted by molar-refractivity contribution is 0.269. The Hall–Kier alpha value is -1.99. The van der Waals surface area contributed by atoms with E-state index in [2.05, 4.69) is 27.3 Å². The van der Waals surface area contributed by atoms with Crippen LogP contribution in [-0.4, -0.2) is 31.5 Å². The molecule has 1 aliphatic rings. The van der Waals surface area contributed by atoms with Crippen LogP contribution in [0.5, 0.6) is 0 Å². The van der Waals surface area contributed by atoms with E-state index in [0.29, 0.717) is 6.54 Å². The molecule has 0 aliphatic heterocycles. The molecule has 3 aromatic heterocycles. The maximum Gasteiger partial charge on any atom is 0.153 e. The Balaban J connectivity index is 1.71. The number of aryl methyl sites for hydroxylation is 1. The third-order valence-corrected chi connectivity index (χ3v) is 5.47. The van der Waals surface area contributed by atoms with Gasteiger partial charge in [-0.1, -0.05) is 6.92 Å². The number of rotatable bonds is 4. The zero-order chi connectivity index (χ0) is 15.8. The average molecular weight is 329 g/mol. The molecule has 0 spiro atoms. The molecular weight excluding hydrogens is 310 g/mol. The van der Waals surface area contributed by atoms with Crippen LogP contribution in [0.25, 0.3) is 10.2 Å². The van der Waals surface area contributed by atoms with Gasteiger partial charge in [-0.3, -0.25) is 4.68 Å². The monoisotopic (exact) mass is 329 g/mol. The first-order chi connectivity index (χ1) is 11.2. The third kappa shape index (κ3) is 2.70. The summed E-state index contributed by atoms with van der Waals surface area (Å²) in [6.45, 7) is 2.88. The van der Waals surface area contributed by atoms with Gasteiger partial charge in [0, 0.05) is 17.1 Å². The predicted octanol–water partition coefficient (Wildman–Crippen LogP) is 2.75. The SMILES string of the molecule is CC1CCc2c(sc3ncnc(Nc4ccn(CCO)n4)c23)C1. The molecule has 0 saturated heterocycles. The molecule has 120 valence electrons. The van der Waals surface area contributed by atoms with E-state index < -0.39 is 0 Å². The largest absolute Gasteiger partial charge is 0.394 e. The fraction of sp³-hybridized carbons (Fsp3) is 0.438. The lowest BCUT2D eigenvalue weighted by atomic mass is 9.89. The van der Waals surface area contributed by atoms with Crippen molar-refractivity contribution in [3.8, 4) is 0 Å². The van der Waals surface area contributed by atoms with Crippen LogP contribution in [0.1, 0.15) is 23.8 Å². The van der Waals surface area contributed by atoms with Crippen LogP contribution in [0.3, 0.4) is 0 Å². The van der Waals surface area contributed by atoms with Gasteiger partial charge in [0.1, 0.15) is 17.0 Å². The van der Waals surface area contributed by atoms with Crippen LogP contribution >= 0.6 is 11.3 Å². The molecule has 1 unspecified atom stereocenters. The van der Waals surface area contributed by atoms with E-state index in [0.717, 1.165) is 40.6 Å². The van der Waals surface area contributed by atoms with Gasteiger partial charge in [-0.05, 0) is 30.7 Å². The van der Waals surface area contributed by atoms with Gasteiger partial charge in [0.15, 0.2) is 5.82 Å². The summed E-state index contributed by atoms with van der Waals surface area (Å²) in [7, 11) is 0. The highest BCUT2D eigenvalue weighted by molar-refractivity contribution is 7.19. The summed E-state index contributed by atoms with van der Waals surface area (Å²) in [5, 5.41) is 17.8. The third-order valence-electron chi connectivity index (χ3n) is 4.31. The first-order valence-electron chi connectivity index (χ1n) is 7.91. The molecule has 0 amide bonds. The van der Waals surface area contributed by atoms with E-state index in [9.17, 15) is 0 Å². The second-order valence-electron chi connectivity index (χ2n) is 6.07. The van der Waals surface area contributed by atoms with E-state index in [1.54, 1.807) is 22.3 Å². The summed E-state index contributed by atoms with van der Waals surface area (Å²) >= 11 is 1.79. The maximum atomic E-state index is 8.99. The van der Waals surface area contributed by atoms with Gasteiger partial charge in [-0.15, -0.1) is 11.3 Å². The van der Waals surface area contributed by atoms with Crippen molar-refractivity contribution >= 4 is 33.2 Å². The summed E-state index contributed by atoms with van der Waals surface area (Å²) < 4.78 is 1.71. The molecule has 0 aromatic carbocycles. The summed E-state index contributed by atoms with van der Waals surface area (Å²) in [5.74, 6) is 2.31. The summed E-state index contributed by atoms with van der Waals surface area (Å²) in [5.41, 5.74) is 1.40. The second-order valence-corrected chi connectivity index (χ2v) is 7.15. The van der Waals surface area contributed by atoms with Crippen LogP contribution in [-0.2, 0) is 19.4 Å². The Bertz CT molecular complexity index is 840. The number of aliphatic hydroxyl groups is 1. The second kappa shape index (κ2) is 5.90. The Labute approximate surface area is 138 Å². The molecule has 0 fully saturated rings. The Morgan fingerprint density at radius 2 is 2.35 bits per heavy atom. The molecule has 0 bridgehead atoms. The predicted molar refractivity (Wildman–Crippen MR) is 91.2 cm³/mol. The van der Waals surface area contributed by atoms with E-state index in [-0.39, 0.29) is 6.61 Å². The molecule has 1 aliphatic carbocycles. The molecule has 6 nitrogen and oxygen atoms in total. The Morgan fingerprint density at radius 3 is 3.22 bits per heavy atom. The standard InChI is InChI=1S/C16H19N5OS/c1-10-2-3-11-12(8-10)23-16-14(11)15(17-9-18-16)19-13-4-5-21(20-13)6-7-22/h4-5,9-10,22H,2-3,6-8H2,1H3,(H,17,18,19,20). The Kier molecular flexibility index (Phi) is 3.74. The number of nitrogens with zero attached hydrogens (tertiary/aromatic N) is 4. The average Bonchev–Trinajstić information content (AvgIpc) is 3.11. The zero-order valence-electron chi connectivity index (χ0n) is 13.0. The minimum atomic E-state index is 0.0785. The number of aliphatic hydroxyl groups excluding tert-OH is 1.